The Morgan fingerprint density at radius 3 is 2.60 bits per heavy atom. The predicted molar refractivity (Wildman–Crippen MR) is 119 cm³/mol. The van der Waals surface area contributed by atoms with Gasteiger partial charge in [-0.25, -0.2) is 0 Å². The van der Waals surface area contributed by atoms with Crippen LogP contribution in [0.5, 0.6) is 11.5 Å². The van der Waals surface area contributed by atoms with E-state index in [1.165, 1.54) is 5.56 Å². The molecule has 2 aliphatic rings. The number of aryl methyl sites for hydroxylation is 1. The first-order valence-corrected chi connectivity index (χ1v) is 10.6. The molecule has 0 spiro atoms. The summed E-state index contributed by atoms with van der Waals surface area (Å²) in [5.74, 6) is 0.262. The van der Waals surface area contributed by atoms with E-state index >= 15 is 0 Å². The number of methoxy groups -OCH3 is 1. The van der Waals surface area contributed by atoms with Gasteiger partial charge in [0, 0.05) is 11.3 Å². The van der Waals surface area contributed by atoms with Gasteiger partial charge in [0.15, 0.2) is 16.6 Å². The highest BCUT2D eigenvalue weighted by Crippen LogP contribution is 2.52. The minimum absolute atomic E-state index is 0.290. The summed E-state index contributed by atoms with van der Waals surface area (Å²) in [5.41, 5.74) is 1.80. The van der Waals surface area contributed by atoms with E-state index in [0.29, 0.717) is 23.2 Å². The average Bonchev–Trinajstić information content (AvgIpc) is 2.73. The van der Waals surface area contributed by atoms with Gasteiger partial charge in [-0.1, -0.05) is 31.2 Å². The van der Waals surface area contributed by atoms with Crippen LogP contribution < -0.4 is 19.7 Å². The van der Waals surface area contributed by atoms with Gasteiger partial charge in [0.05, 0.1) is 19.8 Å². The number of fused-ring (bicyclic) bond motifs is 4. The van der Waals surface area contributed by atoms with E-state index in [0.717, 1.165) is 17.7 Å². The van der Waals surface area contributed by atoms with E-state index in [-0.39, 0.29) is 12.0 Å². The van der Waals surface area contributed by atoms with E-state index in [2.05, 4.69) is 24.4 Å². The van der Waals surface area contributed by atoms with Crippen molar-refractivity contribution < 1.29 is 19.0 Å². The molecular weight excluding hydrogens is 400 g/mol. The maximum Gasteiger partial charge on any atom is 0.317 e. The van der Waals surface area contributed by atoms with Crippen molar-refractivity contribution in [1.82, 2.24) is 5.32 Å². The molecule has 158 valence electrons. The van der Waals surface area contributed by atoms with Crippen LogP contribution in [0.25, 0.3) is 0 Å². The fraction of sp³-hybridized carbons (Fsp3) is 0.391. The van der Waals surface area contributed by atoms with Crippen LogP contribution in [0.2, 0.25) is 0 Å². The van der Waals surface area contributed by atoms with Gasteiger partial charge < -0.3 is 19.5 Å². The topological polar surface area (TPSA) is 60.0 Å². The Hall–Kier alpha value is -2.80. The molecule has 7 heteroatoms. The second-order valence-electron chi connectivity index (χ2n) is 7.55. The minimum Gasteiger partial charge on any atom is -0.493 e. The van der Waals surface area contributed by atoms with Crippen LogP contribution in [0.15, 0.2) is 42.5 Å². The number of nitrogens with zero attached hydrogens (tertiary/aromatic N) is 1. The Balaban J connectivity index is 1.89. The molecule has 0 radical (unpaired) electrons. The summed E-state index contributed by atoms with van der Waals surface area (Å²) in [6.45, 7) is 6.09. The highest BCUT2D eigenvalue weighted by molar-refractivity contribution is 7.80. The van der Waals surface area contributed by atoms with Crippen molar-refractivity contribution >= 4 is 29.0 Å². The number of carbonyl (C=O) groups excluding carboxylic acids is 1. The maximum absolute atomic E-state index is 13.1. The molecule has 0 saturated carbocycles. The number of carbonyl (C=O) groups is 1. The first-order valence-electron chi connectivity index (χ1n) is 10.2. The number of hydrogen-bond donors (Lipinski definition) is 1. The van der Waals surface area contributed by atoms with Gasteiger partial charge >= 0.3 is 5.97 Å². The monoisotopic (exact) mass is 426 g/mol. The Labute approximate surface area is 182 Å². The molecule has 0 aliphatic carbocycles. The van der Waals surface area contributed by atoms with Crippen molar-refractivity contribution in [3.05, 3.63) is 53.6 Å². The minimum atomic E-state index is -1.09. The SMILES string of the molecule is CCOC(=O)[C@H]1[C@@H]2NC(=S)N(c3ccc(CC)cc3)[C@@]1(C)Oc1c(OC)cccc12. The van der Waals surface area contributed by atoms with Gasteiger partial charge in [-0.2, -0.15) is 0 Å². The molecule has 2 bridgehead atoms. The maximum atomic E-state index is 13.1. The van der Waals surface area contributed by atoms with E-state index in [1.807, 2.05) is 42.2 Å². The summed E-state index contributed by atoms with van der Waals surface area (Å²) < 4.78 is 17.6. The normalized spacial score (nSPS) is 24.4. The number of esters is 1. The number of nitrogens with one attached hydrogen (secondary N) is 1. The Morgan fingerprint density at radius 1 is 1.23 bits per heavy atom. The molecule has 30 heavy (non-hydrogen) atoms. The molecule has 6 nitrogen and oxygen atoms in total. The molecule has 1 N–H and O–H groups in total. The number of anilines is 1. The summed E-state index contributed by atoms with van der Waals surface area (Å²) in [6.07, 6.45) is 0.939. The van der Waals surface area contributed by atoms with Crippen molar-refractivity contribution in [2.75, 3.05) is 18.6 Å². The predicted octanol–water partition coefficient (Wildman–Crippen LogP) is 3.98. The molecule has 2 aromatic carbocycles. The van der Waals surface area contributed by atoms with Crippen LogP contribution >= 0.6 is 12.2 Å². The zero-order valence-corrected chi connectivity index (χ0v) is 18.4. The van der Waals surface area contributed by atoms with E-state index in [1.54, 1.807) is 14.0 Å². The smallest absolute Gasteiger partial charge is 0.317 e. The van der Waals surface area contributed by atoms with E-state index < -0.39 is 11.6 Å². The Bertz CT molecular complexity index is 978. The average molecular weight is 427 g/mol. The quantitative estimate of drug-likeness (QED) is 0.573. The van der Waals surface area contributed by atoms with Gasteiger partial charge in [0.25, 0.3) is 0 Å². The molecule has 2 heterocycles. The van der Waals surface area contributed by atoms with Crippen LogP contribution in [0, 0.1) is 5.92 Å². The second-order valence-corrected chi connectivity index (χ2v) is 7.93. The van der Waals surface area contributed by atoms with Crippen LogP contribution in [0.1, 0.15) is 37.9 Å². The first kappa shape index (κ1) is 20.5. The molecule has 1 fully saturated rings. The third-order valence-corrected chi connectivity index (χ3v) is 6.15. The molecule has 0 unspecified atom stereocenters. The largest absolute Gasteiger partial charge is 0.493 e. The lowest BCUT2D eigenvalue weighted by Crippen LogP contribution is -2.71. The lowest BCUT2D eigenvalue weighted by molar-refractivity contribution is -0.159. The molecule has 2 aromatic rings. The number of benzene rings is 2. The fourth-order valence-corrected chi connectivity index (χ4v) is 4.81. The fourth-order valence-electron chi connectivity index (χ4n) is 4.39. The third-order valence-electron chi connectivity index (χ3n) is 5.85. The molecule has 1 saturated heterocycles. The molecule has 0 aromatic heterocycles. The van der Waals surface area contributed by atoms with Gasteiger partial charge in [0.1, 0.15) is 5.92 Å². The highest BCUT2D eigenvalue weighted by Gasteiger charge is 2.60. The lowest BCUT2D eigenvalue weighted by Gasteiger charge is -2.55. The zero-order valence-electron chi connectivity index (χ0n) is 17.6. The summed E-state index contributed by atoms with van der Waals surface area (Å²) >= 11 is 5.74. The van der Waals surface area contributed by atoms with Crippen molar-refractivity contribution in [2.45, 2.75) is 39.0 Å². The van der Waals surface area contributed by atoms with Crippen LogP contribution in [0.3, 0.4) is 0 Å². The summed E-state index contributed by atoms with van der Waals surface area (Å²) in [7, 11) is 1.60. The number of ether oxygens (including phenoxy) is 3. The molecule has 4 rings (SSSR count). The van der Waals surface area contributed by atoms with Gasteiger partial charge in [-0.05, 0) is 56.2 Å². The van der Waals surface area contributed by atoms with E-state index in [4.69, 9.17) is 26.4 Å². The molecule has 2 aliphatic heterocycles. The molecule has 0 amide bonds. The van der Waals surface area contributed by atoms with Gasteiger partial charge in [0.2, 0.25) is 5.72 Å². The highest BCUT2D eigenvalue weighted by atomic mass is 32.1. The third kappa shape index (κ3) is 3.08. The zero-order chi connectivity index (χ0) is 21.5. The van der Waals surface area contributed by atoms with Crippen LogP contribution in [0.4, 0.5) is 5.69 Å². The van der Waals surface area contributed by atoms with Crippen molar-refractivity contribution in [3.63, 3.8) is 0 Å². The number of para-hydroxylation sites is 1. The van der Waals surface area contributed by atoms with Gasteiger partial charge in [-0.3, -0.25) is 9.69 Å². The summed E-state index contributed by atoms with van der Waals surface area (Å²) in [6, 6.07) is 13.4. The number of rotatable bonds is 5. The summed E-state index contributed by atoms with van der Waals surface area (Å²) in [4.78, 5) is 15.0. The van der Waals surface area contributed by atoms with Gasteiger partial charge in [-0.15, -0.1) is 0 Å². The van der Waals surface area contributed by atoms with Crippen molar-refractivity contribution in [1.29, 1.82) is 0 Å². The first-order chi connectivity index (χ1) is 14.4. The number of hydrogen-bond acceptors (Lipinski definition) is 5. The van der Waals surface area contributed by atoms with E-state index in [9.17, 15) is 4.79 Å². The van der Waals surface area contributed by atoms with Crippen LogP contribution in [-0.2, 0) is 16.0 Å². The Kier molecular flexibility index (Phi) is 5.32. The summed E-state index contributed by atoms with van der Waals surface area (Å²) in [5, 5.41) is 3.87. The molecule has 3 atom stereocenters. The molecular formula is C23H26N2O4S. The van der Waals surface area contributed by atoms with Crippen molar-refractivity contribution in [3.8, 4) is 11.5 Å². The Morgan fingerprint density at radius 2 is 1.97 bits per heavy atom. The van der Waals surface area contributed by atoms with Crippen LogP contribution in [-0.4, -0.2) is 30.5 Å². The number of thiocarbonyl (C=S) groups is 1. The standard InChI is InChI=1S/C23H26N2O4S/c1-5-14-10-12-15(13-11-14)25-22(30)24-19-16-8-7-9-17(27-4)20(16)29-23(25,3)18(19)21(26)28-6-2/h7-13,18-19H,5-6H2,1-4H3,(H,24,30)/t18-,19-,23+/m1/s1. The van der Waals surface area contributed by atoms with Crippen molar-refractivity contribution in [2.24, 2.45) is 5.92 Å². The lowest BCUT2D eigenvalue weighted by atomic mass is 9.79. The second kappa shape index (κ2) is 7.80.